The van der Waals surface area contributed by atoms with E-state index >= 15 is 0 Å². The molecular formula is C12H20N4O. The molecule has 0 spiro atoms. The number of aromatic nitrogens is 2. The molecule has 1 fully saturated rings. The minimum atomic E-state index is -0.0665. The van der Waals surface area contributed by atoms with E-state index in [1.54, 1.807) is 13.3 Å². The normalized spacial score (nSPS) is 24.8. The van der Waals surface area contributed by atoms with E-state index in [0.29, 0.717) is 5.95 Å². The first-order valence-corrected chi connectivity index (χ1v) is 5.98. The van der Waals surface area contributed by atoms with Crippen molar-refractivity contribution < 1.29 is 4.74 Å². The van der Waals surface area contributed by atoms with Gasteiger partial charge in [0.1, 0.15) is 5.82 Å². The maximum Gasteiger partial charge on any atom is 0.224 e. The molecule has 17 heavy (non-hydrogen) atoms. The molecule has 1 N–H and O–H groups in total. The molecule has 0 radical (unpaired) electrons. The zero-order valence-corrected chi connectivity index (χ0v) is 10.7. The second-order valence-electron chi connectivity index (χ2n) is 4.67. The minimum Gasteiger partial charge on any atom is -0.377 e. The zero-order chi connectivity index (χ0) is 12.3. The number of rotatable bonds is 3. The van der Waals surface area contributed by atoms with E-state index in [-0.39, 0.29) is 5.60 Å². The van der Waals surface area contributed by atoms with Crippen LogP contribution >= 0.6 is 0 Å². The van der Waals surface area contributed by atoms with Crippen molar-refractivity contribution in [3.05, 3.63) is 12.3 Å². The summed E-state index contributed by atoms with van der Waals surface area (Å²) in [4.78, 5) is 10.9. The maximum absolute atomic E-state index is 5.59. The number of nitrogens with zero attached hydrogens (tertiary/aromatic N) is 3. The van der Waals surface area contributed by atoms with Crippen molar-refractivity contribution in [2.24, 2.45) is 0 Å². The molecule has 2 heterocycles. The molecule has 1 aromatic heterocycles. The smallest absolute Gasteiger partial charge is 0.224 e. The molecule has 0 amide bonds. The van der Waals surface area contributed by atoms with Crippen molar-refractivity contribution >= 4 is 11.8 Å². The SMILES string of the molecule is CNc1nccc(N2CCCC(C)(OC)C2)n1. The summed E-state index contributed by atoms with van der Waals surface area (Å²) in [5, 5.41) is 2.96. The van der Waals surface area contributed by atoms with E-state index in [2.05, 4.69) is 27.1 Å². The van der Waals surface area contributed by atoms with E-state index < -0.39 is 0 Å². The van der Waals surface area contributed by atoms with E-state index in [9.17, 15) is 0 Å². The molecule has 0 aliphatic carbocycles. The third-order valence-electron chi connectivity index (χ3n) is 3.34. The fraction of sp³-hybridized carbons (Fsp3) is 0.667. The van der Waals surface area contributed by atoms with Crippen LogP contribution in [0.5, 0.6) is 0 Å². The first-order chi connectivity index (χ1) is 8.17. The Morgan fingerprint density at radius 1 is 1.53 bits per heavy atom. The van der Waals surface area contributed by atoms with Gasteiger partial charge in [0, 0.05) is 33.4 Å². The molecule has 1 atom stereocenters. The average molecular weight is 236 g/mol. The lowest BCUT2D eigenvalue weighted by atomic mass is 9.95. The van der Waals surface area contributed by atoms with Gasteiger partial charge in [0.15, 0.2) is 0 Å². The van der Waals surface area contributed by atoms with Gasteiger partial charge in [-0.1, -0.05) is 0 Å². The fourth-order valence-electron chi connectivity index (χ4n) is 2.21. The van der Waals surface area contributed by atoms with Crippen molar-refractivity contribution in [2.75, 3.05) is 37.5 Å². The quantitative estimate of drug-likeness (QED) is 0.862. The monoisotopic (exact) mass is 236 g/mol. The summed E-state index contributed by atoms with van der Waals surface area (Å²) >= 11 is 0. The summed E-state index contributed by atoms with van der Waals surface area (Å²) in [6.07, 6.45) is 4.01. The summed E-state index contributed by atoms with van der Waals surface area (Å²) in [5.41, 5.74) is -0.0665. The Bertz CT molecular complexity index is 385. The Balaban J connectivity index is 2.16. The van der Waals surface area contributed by atoms with Gasteiger partial charge in [-0.15, -0.1) is 0 Å². The highest BCUT2D eigenvalue weighted by atomic mass is 16.5. The number of nitrogens with one attached hydrogen (secondary N) is 1. The average Bonchev–Trinajstić information content (AvgIpc) is 2.39. The Labute approximate surface area is 102 Å². The van der Waals surface area contributed by atoms with Gasteiger partial charge in [0.05, 0.1) is 5.60 Å². The van der Waals surface area contributed by atoms with Crippen LogP contribution in [0, 0.1) is 0 Å². The predicted molar refractivity (Wildman–Crippen MR) is 68.4 cm³/mol. The number of piperidine rings is 1. The maximum atomic E-state index is 5.59. The van der Waals surface area contributed by atoms with Gasteiger partial charge in [0.25, 0.3) is 0 Å². The van der Waals surface area contributed by atoms with E-state index in [0.717, 1.165) is 31.7 Å². The highest BCUT2D eigenvalue weighted by Crippen LogP contribution is 2.27. The van der Waals surface area contributed by atoms with Gasteiger partial charge >= 0.3 is 0 Å². The van der Waals surface area contributed by atoms with Crippen molar-refractivity contribution in [3.8, 4) is 0 Å². The number of hydrogen-bond acceptors (Lipinski definition) is 5. The van der Waals surface area contributed by atoms with Crippen LogP contribution in [0.25, 0.3) is 0 Å². The third kappa shape index (κ3) is 2.66. The van der Waals surface area contributed by atoms with Gasteiger partial charge in [0.2, 0.25) is 5.95 Å². The molecule has 0 saturated carbocycles. The number of methoxy groups -OCH3 is 1. The van der Waals surface area contributed by atoms with Crippen molar-refractivity contribution in [1.82, 2.24) is 9.97 Å². The van der Waals surface area contributed by atoms with Crippen molar-refractivity contribution in [2.45, 2.75) is 25.4 Å². The summed E-state index contributed by atoms with van der Waals surface area (Å²) < 4.78 is 5.59. The van der Waals surface area contributed by atoms with Gasteiger partial charge in [-0.05, 0) is 25.8 Å². The number of ether oxygens (including phenoxy) is 1. The molecule has 1 unspecified atom stereocenters. The summed E-state index contributed by atoms with van der Waals surface area (Å²) in [6.45, 7) is 4.06. The van der Waals surface area contributed by atoms with Crippen molar-refractivity contribution in [1.29, 1.82) is 0 Å². The van der Waals surface area contributed by atoms with Crippen LogP contribution in [0.15, 0.2) is 12.3 Å². The zero-order valence-electron chi connectivity index (χ0n) is 10.7. The number of anilines is 2. The van der Waals surface area contributed by atoms with Crippen LogP contribution in [0.2, 0.25) is 0 Å². The highest BCUT2D eigenvalue weighted by Gasteiger charge is 2.31. The Morgan fingerprint density at radius 2 is 2.35 bits per heavy atom. The minimum absolute atomic E-state index is 0.0665. The highest BCUT2D eigenvalue weighted by molar-refractivity contribution is 5.43. The van der Waals surface area contributed by atoms with Gasteiger partial charge < -0.3 is 15.0 Å². The lowest BCUT2D eigenvalue weighted by molar-refractivity contribution is -0.00481. The molecule has 2 rings (SSSR count). The molecular weight excluding hydrogens is 216 g/mol. The Kier molecular flexibility index (Phi) is 3.47. The van der Waals surface area contributed by atoms with Gasteiger partial charge in [-0.25, -0.2) is 4.98 Å². The second kappa shape index (κ2) is 4.87. The molecule has 1 aromatic rings. The van der Waals surface area contributed by atoms with Gasteiger partial charge in [-0.2, -0.15) is 4.98 Å². The predicted octanol–water partition coefficient (Wildman–Crippen LogP) is 1.52. The van der Waals surface area contributed by atoms with Gasteiger partial charge in [-0.3, -0.25) is 0 Å². The lowest BCUT2D eigenvalue weighted by Gasteiger charge is -2.40. The molecule has 1 saturated heterocycles. The first kappa shape index (κ1) is 12.1. The summed E-state index contributed by atoms with van der Waals surface area (Å²) in [7, 11) is 3.61. The molecule has 94 valence electrons. The summed E-state index contributed by atoms with van der Waals surface area (Å²) in [5.74, 6) is 1.62. The fourth-order valence-corrected chi connectivity index (χ4v) is 2.21. The van der Waals surface area contributed by atoms with Crippen LogP contribution in [0.1, 0.15) is 19.8 Å². The molecule has 1 aliphatic rings. The van der Waals surface area contributed by atoms with Crippen LogP contribution in [0.3, 0.4) is 0 Å². The molecule has 0 bridgehead atoms. The topological polar surface area (TPSA) is 50.3 Å². The van der Waals surface area contributed by atoms with E-state index in [4.69, 9.17) is 4.74 Å². The number of hydrogen-bond donors (Lipinski definition) is 1. The lowest BCUT2D eigenvalue weighted by Crippen LogP contribution is -2.47. The van der Waals surface area contributed by atoms with Crippen LogP contribution in [0.4, 0.5) is 11.8 Å². The molecule has 1 aliphatic heterocycles. The van der Waals surface area contributed by atoms with E-state index in [1.807, 2.05) is 13.1 Å². The molecule has 5 nitrogen and oxygen atoms in total. The third-order valence-corrected chi connectivity index (χ3v) is 3.34. The van der Waals surface area contributed by atoms with Crippen molar-refractivity contribution in [3.63, 3.8) is 0 Å². The molecule has 0 aromatic carbocycles. The van der Waals surface area contributed by atoms with Crippen LogP contribution < -0.4 is 10.2 Å². The second-order valence-corrected chi connectivity index (χ2v) is 4.67. The molecule has 5 heteroatoms. The van der Waals surface area contributed by atoms with E-state index in [1.165, 1.54) is 0 Å². The van der Waals surface area contributed by atoms with Crippen LogP contribution in [-0.2, 0) is 4.74 Å². The first-order valence-electron chi connectivity index (χ1n) is 5.98. The van der Waals surface area contributed by atoms with Crippen LogP contribution in [-0.4, -0.2) is 42.8 Å². The largest absolute Gasteiger partial charge is 0.377 e. The summed E-state index contributed by atoms with van der Waals surface area (Å²) in [6, 6.07) is 1.95. The standard InChI is InChI=1S/C12H20N4O/c1-12(17-3)6-4-8-16(9-12)10-5-7-14-11(13-2)15-10/h5,7H,4,6,8-9H2,1-3H3,(H,13,14,15). The Morgan fingerprint density at radius 3 is 3.06 bits per heavy atom. The Hall–Kier alpha value is -1.36.